The van der Waals surface area contributed by atoms with Crippen LogP contribution in [0.5, 0.6) is 5.88 Å². The van der Waals surface area contributed by atoms with Crippen LogP contribution in [-0.2, 0) is 0 Å². The maximum absolute atomic E-state index is 12.6. The summed E-state index contributed by atoms with van der Waals surface area (Å²) in [6.45, 7) is 1.25. The number of aromatic nitrogens is 3. The smallest absolute Gasteiger partial charge is 0.254 e. The van der Waals surface area contributed by atoms with Gasteiger partial charge in [0.25, 0.3) is 5.91 Å². The van der Waals surface area contributed by atoms with E-state index in [-0.39, 0.29) is 12.0 Å². The van der Waals surface area contributed by atoms with E-state index in [9.17, 15) is 4.79 Å². The van der Waals surface area contributed by atoms with E-state index in [4.69, 9.17) is 4.74 Å². The number of carbonyl (C=O) groups excluding carboxylic acids is 1. The van der Waals surface area contributed by atoms with Crippen molar-refractivity contribution < 1.29 is 9.53 Å². The summed E-state index contributed by atoms with van der Waals surface area (Å²) < 4.78 is 5.78. The molecule has 1 aromatic carbocycles. The van der Waals surface area contributed by atoms with E-state index in [1.807, 2.05) is 35.4 Å². The van der Waals surface area contributed by atoms with Crippen molar-refractivity contribution in [2.45, 2.75) is 12.5 Å². The highest BCUT2D eigenvalue weighted by atomic mass is 16.5. The first-order valence-corrected chi connectivity index (χ1v) is 7.60. The van der Waals surface area contributed by atoms with Crippen molar-refractivity contribution >= 4 is 16.8 Å². The Morgan fingerprint density at radius 1 is 1.30 bits per heavy atom. The first kappa shape index (κ1) is 13.8. The lowest BCUT2D eigenvalue weighted by Gasteiger charge is -2.17. The molecule has 2 aromatic heterocycles. The number of benzene rings is 1. The third-order valence-corrected chi connectivity index (χ3v) is 4.07. The molecule has 3 heterocycles. The molecule has 4 rings (SSSR count). The number of H-pyrrole nitrogens is 1. The monoisotopic (exact) mass is 308 g/mol. The Balaban J connectivity index is 1.45. The summed E-state index contributed by atoms with van der Waals surface area (Å²) >= 11 is 0. The van der Waals surface area contributed by atoms with Crippen LogP contribution >= 0.6 is 0 Å². The summed E-state index contributed by atoms with van der Waals surface area (Å²) in [5.41, 5.74) is 1.67. The first-order chi connectivity index (χ1) is 11.3. The number of fused-ring (bicyclic) bond motifs is 1. The molecule has 0 bridgehead atoms. The SMILES string of the molecule is O=C(c1ccc2cc[nH]c2c1)N1CCC(Oc2cccnn2)C1. The molecule has 1 saturated heterocycles. The number of hydrogen-bond donors (Lipinski definition) is 1. The largest absolute Gasteiger partial charge is 0.471 e. The molecule has 23 heavy (non-hydrogen) atoms. The molecule has 6 heteroatoms. The molecule has 0 spiro atoms. The van der Waals surface area contributed by atoms with Crippen molar-refractivity contribution in [2.24, 2.45) is 0 Å². The lowest BCUT2D eigenvalue weighted by Crippen LogP contribution is -2.31. The molecule has 0 saturated carbocycles. The third kappa shape index (κ3) is 2.75. The van der Waals surface area contributed by atoms with Gasteiger partial charge in [-0.1, -0.05) is 6.07 Å². The van der Waals surface area contributed by atoms with Gasteiger partial charge in [0.05, 0.1) is 6.54 Å². The molecular formula is C17H16N4O2. The minimum absolute atomic E-state index is 0.0340. The maximum atomic E-state index is 12.6. The summed E-state index contributed by atoms with van der Waals surface area (Å²) in [6, 6.07) is 11.3. The van der Waals surface area contributed by atoms with Gasteiger partial charge in [-0.05, 0) is 29.7 Å². The van der Waals surface area contributed by atoms with Gasteiger partial charge in [0.1, 0.15) is 6.10 Å². The Kier molecular flexibility index (Phi) is 3.42. The third-order valence-electron chi connectivity index (χ3n) is 4.07. The van der Waals surface area contributed by atoms with Gasteiger partial charge in [0.2, 0.25) is 5.88 Å². The molecule has 1 fully saturated rings. The topological polar surface area (TPSA) is 71.1 Å². The molecule has 1 atom stereocenters. The van der Waals surface area contributed by atoms with Crippen LogP contribution in [0.1, 0.15) is 16.8 Å². The van der Waals surface area contributed by atoms with Gasteiger partial charge in [-0.15, -0.1) is 5.10 Å². The number of aromatic amines is 1. The second-order valence-electron chi connectivity index (χ2n) is 5.62. The van der Waals surface area contributed by atoms with E-state index in [1.54, 1.807) is 18.3 Å². The van der Waals surface area contributed by atoms with Crippen molar-refractivity contribution in [3.05, 3.63) is 54.4 Å². The van der Waals surface area contributed by atoms with Crippen LogP contribution in [0, 0.1) is 0 Å². The van der Waals surface area contributed by atoms with Gasteiger partial charge < -0.3 is 14.6 Å². The van der Waals surface area contributed by atoms with Crippen LogP contribution in [0.4, 0.5) is 0 Å². The highest BCUT2D eigenvalue weighted by molar-refractivity contribution is 5.98. The molecule has 0 aliphatic carbocycles. The summed E-state index contributed by atoms with van der Waals surface area (Å²) in [6.07, 6.45) is 4.24. The molecule has 1 amide bonds. The zero-order valence-electron chi connectivity index (χ0n) is 12.5. The molecule has 1 aliphatic rings. The van der Waals surface area contributed by atoms with Gasteiger partial charge in [-0.3, -0.25) is 4.79 Å². The van der Waals surface area contributed by atoms with E-state index in [0.717, 1.165) is 17.3 Å². The van der Waals surface area contributed by atoms with E-state index in [2.05, 4.69) is 15.2 Å². The zero-order chi connectivity index (χ0) is 15.6. The first-order valence-electron chi connectivity index (χ1n) is 7.60. The number of nitrogens with zero attached hydrogens (tertiary/aromatic N) is 3. The van der Waals surface area contributed by atoms with E-state index in [1.165, 1.54) is 0 Å². The van der Waals surface area contributed by atoms with Gasteiger partial charge in [-0.2, -0.15) is 5.10 Å². The summed E-state index contributed by atoms with van der Waals surface area (Å²) in [5, 5.41) is 8.82. The number of hydrogen-bond acceptors (Lipinski definition) is 4. The fraction of sp³-hybridized carbons (Fsp3) is 0.235. The minimum Gasteiger partial charge on any atom is -0.471 e. The summed E-state index contributed by atoms with van der Waals surface area (Å²) in [4.78, 5) is 17.6. The number of rotatable bonds is 3. The van der Waals surface area contributed by atoms with Crippen LogP contribution in [0.2, 0.25) is 0 Å². The molecule has 1 aliphatic heterocycles. The average Bonchev–Trinajstić information content (AvgIpc) is 3.23. The van der Waals surface area contributed by atoms with E-state index < -0.39 is 0 Å². The van der Waals surface area contributed by atoms with Crippen molar-refractivity contribution in [3.63, 3.8) is 0 Å². The fourth-order valence-electron chi connectivity index (χ4n) is 2.89. The zero-order valence-corrected chi connectivity index (χ0v) is 12.5. The molecular weight excluding hydrogens is 292 g/mol. The van der Waals surface area contributed by atoms with Crippen LogP contribution in [-0.4, -0.2) is 45.2 Å². The minimum atomic E-state index is -0.0372. The molecule has 0 radical (unpaired) electrons. The fourth-order valence-corrected chi connectivity index (χ4v) is 2.89. The summed E-state index contributed by atoms with van der Waals surface area (Å²) in [7, 11) is 0. The molecule has 116 valence electrons. The Hall–Kier alpha value is -2.89. The molecule has 3 aromatic rings. The Labute approximate surface area is 133 Å². The van der Waals surface area contributed by atoms with Crippen molar-refractivity contribution in [2.75, 3.05) is 13.1 Å². The Morgan fingerprint density at radius 2 is 2.26 bits per heavy atom. The highest BCUT2D eigenvalue weighted by Crippen LogP contribution is 2.20. The van der Waals surface area contributed by atoms with Crippen LogP contribution in [0.15, 0.2) is 48.8 Å². The maximum Gasteiger partial charge on any atom is 0.254 e. The second-order valence-corrected chi connectivity index (χ2v) is 5.62. The predicted molar refractivity (Wildman–Crippen MR) is 85.3 cm³/mol. The lowest BCUT2D eigenvalue weighted by molar-refractivity contribution is 0.0771. The number of carbonyl (C=O) groups is 1. The van der Waals surface area contributed by atoms with Crippen molar-refractivity contribution in [1.82, 2.24) is 20.1 Å². The average molecular weight is 308 g/mol. The molecule has 6 nitrogen and oxygen atoms in total. The van der Waals surface area contributed by atoms with Crippen LogP contribution in [0.25, 0.3) is 10.9 Å². The second kappa shape index (κ2) is 5.72. The predicted octanol–water partition coefficient (Wildman–Crippen LogP) is 2.25. The number of ether oxygens (including phenoxy) is 1. The molecule has 1 N–H and O–H groups in total. The van der Waals surface area contributed by atoms with Crippen LogP contribution in [0.3, 0.4) is 0 Å². The van der Waals surface area contributed by atoms with E-state index >= 15 is 0 Å². The Bertz CT molecular complexity index is 831. The van der Waals surface area contributed by atoms with Gasteiger partial charge in [0, 0.05) is 42.5 Å². The highest BCUT2D eigenvalue weighted by Gasteiger charge is 2.28. The van der Waals surface area contributed by atoms with Crippen molar-refractivity contribution in [3.8, 4) is 5.88 Å². The lowest BCUT2D eigenvalue weighted by atomic mass is 10.1. The standard InChI is InChI=1S/C17H16N4O2/c22-17(13-4-3-12-5-8-18-15(12)10-13)21-9-6-14(11-21)23-16-2-1-7-19-20-16/h1-5,7-8,10,14,18H,6,9,11H2. The Morgan fingerprint density at radius 3 is 3.13 bits per heavy atom. The number of amides is 1. The number of likely N-dealkylation sites (tertiary alicyclic amines) is 1. The number of nitrogens with one attached hydrogen (secondary N) is 1. The van der Waals surface area contributed by atoms with Crippen LogP contribution < -0.4 is 4.74 Å². The quantitative estimate of drug-likeness (QED) is 0.805. The van der Waals surface area contributed by atoms with Gasteiger partial charge >= 0.3 is 0 Å². The molecule has 1 unspecified atom stereocenters. The summed E-state index contributed by atoms with van der Waals surface area (Å²) in [5.74, 6) is 0.534. The van der Waals surface area contributed by atoms with E-state index in [0.29, 0.717) is 24.5 Å². The van der Waals surface area contributed by atoms with Gasteiger partial charge in [-0.25, -0.2) is 0 Å². The van der Waals surface area contributed by atoms with Gasteiger partial charge in [0.15, 0.2) is 0 Å². The normalized spacial score (nSPS) is 17.6. The van der Waals surface area contributed by atoms with Crippen molar-refractivity contribution in [1.29, 1.82) is 0 Å².